The summed E-state index contributed by atoms with van der Waals surface area (Å²) in [5.41, 5.74) is 8.05. The average Bonchev–Trinajstić information content (AvgIpc) is 3.83. The first kappa shape index (κ1) is 38.8. The highest BCUT2D eigenvalue weighted by Crippen LogP contribution is 2.58. The first-order chi connectivity index (χ1) is 28.4. The van der Waals surface area contributed by atoms with Crippen molar-refractivity contribution in [1.82, 2.24) is 4.98 Å². The Labute approximate surface area is 346 Å². The number of hydrogen-bond acceptors (Lipinski definition) is 8. The van der Waals surface area contributed by atoms with Gasteiger partial charge in [-0.3, -0.25) is 0 Å². The van der Waals surface area contributed by atoms with Crippen LogP contribution in [0.15, 0.2) is 165 Å². The van der Waals surface area contributed by atoms with Crippen LogP contribution in [0.1, 0.15) is 29.7 Å². The Kier molecular flexibility index (Phi) is 10.8. The molecule has 7 aromatic carbocycles. The summed E-state index contributed by atoms with van der Waals surface area (Å²) in [4.78, 5) is 28.1. The molecule has 1 heterocycles. The van der Waals surface area contributed by atoms with Crippen LogP contribution in [0, 0.1) is 0 Å². The molecule has 0 fully saturated rings. The zero-order valence-electron chi connectivity index (χ0n) is 31.5. The standard InChI is InChI=1S/C50H37NO6S.CH4/c1-3-47(52)56-25-23-54-39-20-16-35-27-38(19-15-36(35)28-39)50(37-17-13-32(14-18-37)49-51-45-11-7-8-12-46(45)58-49)43-22-21-40(55-24-26-57-48(53)4-2)31-42(43)41-29-33-9-5-6-10-34(33)30-44(41)50;/h3-22,27-31H,1-2,23-26H2;1H4. The van der Waals surface area contributed by atoms with Crippen molar-refractivity contribution >= 4 is 55.0 Å². The molecule has 0 aliphatic heterocycles. The normalized spacial score (nSPS) is 13.9. The molecule has 0 saturated heterocycles. The molecule has 0 amide bonds. The number of aromatic nitrogens is 1. The number of benzene rings is 7. The maximum Gasteiger partial charge on any atom is 0.330 e. The summed E-state index contributed by atoms with van der Waals surface area (Å²) in [6.07, 6.45) is 2.29. The van der Waals surface area contributed by atoms with Gasteiger partial charge in [0.15, 0.2) is 0 Å². The lowest BCUT2D eigenvalue weighted by molar-refractivity contribution is -0.139. The number of thiazole rings is 1. The minimum Gasteiger partial charge on any atom is -0.490 e. The molecule has 9 rings (SSSR count). The molecule has 8 heteroatoms. The molecule has 7 nitrogen and oxygen atoms in total. The summed E-state index contributed by atoms with van der Waals surface area (Å²) in [6, 6.07) is 49.1. The minimum atomic E-state index is -0.711. The molecule has 292 valence electrons. The van der Waals surface area contributed by atoms with Crippen LogP contribution in [-0.4, -0.2) is 43.4 Å². The zero-order chi connectivity index (χ0) is 39.6. The van der Waals surface area contributed by atoms with Gasteiger partial charge >= 0.3 is 11.9 Å². The molecule has 0 N–H and O–H groups in total. The van der Waals surface area contributed by atoms with Crippen molar-refractivity contribution in [3.63, 3.8) is 0 Å². The van der Waals surface area contributed by atoms with E-state index in [-0.39, 0.29) is 33.9 Å². The third-order valence-corrected chi connectivity index (χ3v) is 11.7. The number of esters is 2. The van der Waals surface area contributed by atoms with Crippen molar-refractivity contribution in [3.05, 3.63) is 187 Å². The largest absolute Gasteiger partial charge is 0.490 e. The number of carbonyl (C=O) groups excluding carboxylic acids is 2. The van der Waals surface area contributed by atoms with E-state index < -0.39 is 17.4 Å². The third-order valence-electron chi connectivity index (χ3n) is 10.6. The zero-order valence-corrected chi connectivity index (χ0v) is 32.3. The fourth-order valence-electron chi connectivity index (χ4n) is 8.00. The summed E-state index contributed by atoms with van der Waals surface area (Å²) >= 11 is 1.69. The summed E-state index contributed by atoms with van der Waals surface area (Å²) in [5.74, 6) is 0.404. The molecule has 0 spiro atoms. The SMILES string of the molecule is C.C=CC(=O)OCCOc1ccc2c(c1)-c1cc3ccccc3cc1C2(c1ccc(-c2nc3ccccc3s2)cc1)c1ccc2cc(OCCOC(=O)C=C)ccc2c1. The van der Waals surface area contributed by atoms with Crippen LogP contribution < -0.4 is 9.47 Å². The number of rotatable bonds is 13. The summed E-state index contributed by atoms with van der Waals surface area (Å²) < 4.78 is 23.5. The van der Waals surface area contributed by atoms with Gasteiger partial charge in [-0.1, -0.05) is 106 Å². The fraction of sp³-hybridized carbons (Fsp3) is 0.118. The summed E-state index contributed by atoms with van der Waals surface area (Å²) in [5, 5.41) is 5.33. The van der Waals surface area contributed by atoms with Crippen molar-refractivity contribution in [2.24, 2.45) is 0 Å². The van der Waals surface area contributed by atoms with E-state index in [0.29, 0.717) is 11.5 Å². The van der Waals surface area contributed by atoms with Crippen LogP contribution in [-0.2, 0) is 24.5 Å². The molecule has 0 radical (unpaired) electrons. The topological polar surface area (TPSA) is 84.0 Å². The number of para-hydroxylation sites is 1. The lowest BCUT2D eigenvalue weighted by Crippen LogP contribution is -2.28. The Morgan fingerprint density at radius 3 is 1.86 bits per heavy atom. The van der Waals surface area contributed by atoms with E-state index in [9.17, 15) is 9.59 Å². The molecule has 1 aromatic heterocycles. The molecule has 1 aliphatic carbocycles. The Hall–Kier alpha value is -7.03. The molecule has 0 saturated carbocycles. The first-order valence-corrected chi connectivity index (χ1v) is 19.8. The Balaban J connectivity index is 0.00000484. The minimum absolute atomic E-state index is 0. The van der Waals surface area contributed by atoms with E-state index in [4.69, 9.17) is 23.9 Å². The van der Waals surface area contributed by atoms with Crippen LogP contribution in [0.4, 0.5) is 0 Å². The van der Waals surface area contributed by atoms with Crippen molar-refractivity contribution < 1.29 is 28.5 Å². The van der Waals surface area contributed by atoms with Crippen LogP contribution in [0.3, 0.4) is 0 Å². The van der Waals surface area contributed by atoms with Gasteiger partial charge in [0.1, 0.15) is 42.9 Å². The smallest absolute Gasteiger partial charge is 0.330 e. The molecular weight excluding hydrogens is 755 g/mol. The summed E-state index contributed by atoms with van der Waals surface area (Å²) in [6.45, 7) is 7.59. The number of fused-ring (bicyclic) bond motifs is 6. The van der Waals surface area contributed by atoms with Gasteiger partial charge in [-0.15, -0.1) is 11.3 Å². The molecule has 1 atom stereocenters. The lowest BCUT2D eigenvalue weighted by atomic mass is 9.67. The Bertz CT molecular complexity index is 2860. The van der Waals surface area contributed by atoms with Crippen LogP contribution >= 0.6 is 11.3 Å². The van der Waals surface area contributed by atoms with Gasteiger partial charge in [-0.2, -0.15) is 0 Å². The second-order valence-electron chi connectivity index (χ2n) is 13.9. The molecule has 1 aliphatic rings. The average molecular weight is 796 g/mol. The molecular formula is C51H41NO6S. The van der Waals surface area contributed by atoms with E-state index >= 15 is 0 Å². The highest BCUT2D eigenvalue weighted by atomic mass is 32.1. The van der Waals surface area contributed by atoms with E-state index in [0.717, 1.165) is 82.3 Å². The molecule has 1 unspecified atom stereocenters. The quantitative estimate of drug-likeness (QED) is 0.0653. The van der Waals surface area contributed by atoms with Gasteiger partial charge in [-0.05, 0) is 110 Å². The van der Waals surface area contributed by atoms with E-state index in [1.165, 1.54) is 5.56 Å². The maximum absolute atomic E-state index is 11.7. The Morgan fingerprint density at radius 2 is 1.15 bits per heavy atom. The van der Waals surface area contributed by atoms with Gasteiger partial charge in [0.25, 0.3) is 0 Å². The van der Waals surface area contributed by atoms with E-state index in [1.54, 1.807) is 11.3 Å². The van der Waals surface area contributed by atoms with E-state index in [2.05, 4.69) is 122 Å². The number of carbonyl (C=O) groups is 2. The monoisotopic (exact) mass is 795 g/mol. The second-order valence-corrected chi connectivity index (χ2v) is 15.0. The highest BCUT2D eigenvalue weighted by Gasteiger charge is 2.46. The second kappa shape index (κ2) is 16.4. The first-order valence-electron chi connectivity index (χ1n) is 19.0. The van der Waals surface area contributed by atoms with Crippen molar-refractivity contribution in [3.8, 4) is 33.2 Å². The van der Waals surface area contributed by atoms with Crippen molar-refractivity contribution in [1.29, 1.82) is 0 Å². The molecule has 8 aromatic rings. The Morgan fingerprint density at radius 1 is 0.576 bits per heavy atom. The van der Waals surface area contributed by atoms with Crippen LogP contribution in [0.25, 0.3) is 53.5 Å². The predicted molar refractivity (Wildman–Crippen MR) is 237 cm³/mol. The maximum atomic E-state index is 11.7. The molecule has 59 heavy (non-hydrogen) atoms. The number of ether oxygens (including phenoxy) is 4. The third kappa shape index (κ3) is 7.24. The van der Waals surface area contributed by atoms with Gasteiger partial charge < -0.3 is 18.9 Å². The van der Waals surface area contributed by atoms with Crippen molar-refractivity contribution in [2.75, 3.05) is 26.4 Å². The van der Waals surface area contributed by atoms with Crippen molar-refractivity contribution in [2.45, 2.75) is 12.8 Å². The van der Waals surface area contributed by atoms with Gasteiger partial charge in [0.05, 0.1) is 15.6 Å². The van der Waals surface area contributed by atoms with Gasteiger partial charge in [0, 0.05) is 17.7 Å². The molecule has 0 bridgehead atoms. The predicted octanol–water partition coefficient (Wildman–Crippen LogP) is 11.5. The van der Waals surface area contributed by atoms with Gasteiger partial charge in [-0.25, -0.2) is 14.6 Å². The van der Waals surface area contributed by atoms with Crippen LogP contribution in [0.5, 0.6) is 11.5 Å². The summed E-state index contributed by atoms with van der Waals surface area (Å²) in [7, 11) is 0. The van der Waals surface area contributed by atoms with Crippen LogP contribution in [0.2, 0.25) is 0 Å². The highest BCUT2D eigenvalue weighted by molar-refractivity contribution is 7.21. The number of hydrogen-bond donors (Lipinski definition) is 0. The number of nitrogens with zero attached hydrogens (tertiary/aromatic N) is 1. The lowest BCUT2D eigenvalue weighted by Gasteiger charge is -2.34. The fourth-order valence-corrected chi connectivity index (χ4v) is 8.97. The van der Waals surface area contributed by atoms with E-state index in [1.807, 2.05) is 30.3 Å². The van der Waals surface area contributed by atoms with Gasteiger partial charge in [0.2, 0.25) is 0 Å².